The zero-order chi connectivity index (χ0) is 19.6. The van der Waals surface area contributed by atoms with Gasteiger partial charge in [-0.25, -0.2) is 8.42 Å². The van der Waals surface area contributed by atoms with Gasteiger partial charge in [-0.15, -0.1) is 11.8 Å². The molecule has 4 rings (SSSR count). The second-order valence-electron chi connectivity index (χ2n) is 7.32. The molecule has 0 saturated carbocycles. The van der Waals surface area contributed by atoms with Crippen LogP contribution in [-0.2, 0) is 21.2 Å². The molecule has 0 aliphatic carbocycles. The number of hydrogen-bond acceptors (Lipinski definition) is 4. The smallest absolute Gasteiger partial charge is 0.243 e. The Morgan fingerprint density at radius 1 is 1.04 bits per heavy atom. The number of benzene rings is 2. The van der Waals surface area contributed by atoms with E-state index >= 15 is 0 Å². The largest absolute Gasteiger partial charge is 0.355 e. The zero-order valence-electron chi connectivity index (χ0n) is 15.6. The third-order valence-corrected chi connectivity index (χ3v) is 8.69. The van der Waals surface area contributed by atoms with Crippen molar-refractivity contribution in [1.82, 2.24) is 9.62 Å². The number of thioether (sulfide) groups is 1. The summed E-state index contributed by atoms with van der Waals surface area (Å²) in [6.45, 7) is 1.62. The van der Waals surface area contributed by atoms with E-state index in [4.69, 9.17) is 0 Å². The summed E-state index contributed by atoms with van der Waals surface area (Å²) in [5.74, 6) is 0.403. The molecule has 0 aromatic heterocycles. The number of nitrogens with zero attached hydrogens (tertiary/aromatic N) is 1. The molecule has 28 heavy (non-hydrogen) atoms. The summed E-state index contributed by atoms with van der Waals surface area (Å²) in [7, 11) is -3.42. The molecule has 1 amide bonds. The number of carbonyl (C=O) groups is 1. The maximum atomic E-state index is 12.7. The van der Waals surface area contributed by atoms with Gasteiger partial charge in [-0.3, -0.25) is 4.79 Å². The molecular formula is C21H24N2O3S2. The van der Waals surface area contributed by atoms with Crippen molar-refractivity contribution in [2.45, 2.75) is 34.3 Å². The van der Waals surface area contributed by atoms with Gasteiger partial charge in [-0.2, -0.15) is 4.31 Å². The van der Waals surface area contributed by atoms with Gasteiger partial charge in [-0.1, -0.05) is 36.4 Å². The fourth-order valence-electron chi connectivity index (χ4n) is 3.78. The lowest BCUT2D eigenvalue weighted by atomic mass is 9.98. The average molecular weight is 417 g/mol. The molecule has 2 aliphatic rings. The second-order valence-corrected chi connectivity index (χ2v) is 10.5. The summed E-state index contributed by atoms with van der Waals surface area (Å²) in [6, 6.07) is 16.7. The molecule has 0 radical (unpaired) electrons. The van der Waals surface area contributed by atoms with Crippen molar-refractivity contribution < 1.29 is 13.2 Å². The highest BCUT2D eigenvalue weighted by Gasteiger charge is 2.31. The Balaban J connectivity index is 1.26. The molecule has 1 saturated heterocycles. The molecule has 7 heteroatoms. The number of nitrogens with one attached hydrogen (secondary N) is 1. The van der Waals surface area contributed by atoms with E-state index < -0.39 is 10.0 Å². The number of fused-ring (bicyclic) bond motifs is 1. The maximum absolute atomic E-state index is 12.7. The van der Waals surface area contributed by atoms with E-state index in [1.165, 1.54) is 10.5 Å². The number of hydrogen-bond donors (Lipinski definition) is 1. The summed E-state index contributed by atoms with van der Waals surface area (Å²) in [6.07, 6.45) is 2.31. The van der Waals surface area contributed by atoms with Gasteiger partial charge in [0.1, 0.15) is 0 Å². The monoisotopic (exact) mass is 416 g/mol. The van der Waals surface area contributed by atoms with Crippen LogP contribution in [0.15, 0.2) is 64.4 Å². The Labute approximate surface area is 170 Å². The zero-order valence-corrected chi connectivity index (χ0v) is 17.2. The molecule has 0 spiro atoms. The summed E-state index contributed by atoms with van der Waals surface area (Å²) >= 11 is 1.63. The van der Waals surface area contributed by atoms with Crippen molar-refractivity contribution in [2.75, 3.05) is 19.6 Å². The molecule has 1 unspecified atom stereocenters. The first-order valence-corrected chi connectivity index (χ1v) is 11.9. The summed E-state index contributed by atoms with van der Waals surface area (Å²) < 4.78 is 27.0. The fraction of sp³-hybridized carbons (Fsp3) is 0.381. The summed E-state index contributed by atoms with van der Waals surface area (Å²) in [4.78, 5) is 14.1. The summed E-state index contributed by atoms with van der Waals surface area (Å²) in [5.41, 5.74) is 1.24. The van der Waals surface area contributed by atoms with Crippen molar-refractivity contribution in [3.63, 3.8) is 0 Å². The van der Waals surface area contributed by atoms with Crippen molar-refractivity contribution in [3.05, 3.63) is 60.2 Å². The first-order chi connectivity index (χ1) is 13.5. The molecule has 148 valence electrons. The predicted molar refractivity (Wildman–Crippen MR) is 111 cm³/mol. The predicted octanol–water partition coefficient (Wildman–Crippen LogP) is 2.92. The molecule has 2 aromatic carbocycles. The summed E-state index contributed by atoms with van der Waals surface area (Å²) in [5, 5.41) is 3.03. The van der Waals surface area contributed by atoms with E-state index in [0.717, 1.165) is 19.3 Å². The van der Waals surface area contributed by atoms with Gasteiger partial charge in [0.15, 0.2) is 0 Å². The average Bonchev–Trinajstić information content (AvgIpc) is 3.17. The maximum Gasteiger partial charge on any atom is 0.243 e. The number of sulfonamides is 1. The highest BCUT2D eigenvalue weighted by atomic mass is 32.2. The van der Waals surface area contributed by atoms with Crippen LogP contribution >= 0.6 is 11.8 Å². The number of rotatable bonds is 5. The lowest BCUT2D eigenvalue weighted by Gasteiger charge is -2.31. The third-order valence-electron chi connectivity index (χ3n) is 5.46. The molecule has 1 N–H and O–H groups in total. The van der Waals surface area contributed by atoms with Crippen molar-refractivity contribution in [3.8, 4) is 0 Å². The minimum atomic E-state index is -3.42. The van der Waals surface area contributed by atoms with Crippen LogP contribution in [-0.4, -0.2) is 43.5 Å². The Morgan fingerprint density at radius 2 is 1.71 bits per heavy atom. The topological polar surface area (TPSA) is 66.5 Å². The number of amides is 1. The van der Waals surface area contributed by atoms with Gasteiger partial charge in [0.25, 0.3) is 0 Å². The van der Waals surface area contributed by atoms with Crippen molar-refractivity contribution in [2.24, 2.45) is 5.92 Å². The third kappa shape index (κ3) is 4.11. The molecule has 1 fully saturated rings. The van der Waals surface area contributed by atoms with E-state index in [1.54, 1.807) is 40.3 Å². The lowest BCUT2D eigenvalue weighted by Crippen LogP contribution is -2.42. The van der Waals surface area contributed by atoms with E-state index in [1.807, 2.05) is 18.2 Å². The fourth-order valence-corrected chi connectivity index (χ4v) is 6.49. The second kappa shape index (κ2) is 8.27. The Morgan fingerprint density at radius 3 is 2.43 bits per heavy atom. The van der Waals surface area contributed by atoms with Crippen LogP contribution in [0.4, 0.5) is 0 Å². The van der Waals surface area contributed by atoms with Gasteiger partial charge >= 0.3 is 0 Å². The van der Waals surface area contributed by atoms with Crippen LogP contribution in [0.5, 0.6) is 0 Å². The van der Waals surface area contributed by atoms with Gasteiger partial charge in [0.2, 0.25) is 15.9 Å². The van der Waals surface area contributed by atoms with Crippen LogP contribution < -0.4 is 5.32 Å². The normalized spacial score (nSPS) is 20.6. The van der Waals surface area contributed by atoms with E-state index in [0.29, 0.717) is 30.4 Å². The van der Waals surface area contributed by atoms with E-state index in [2.05, 4.69) is 17.4 Å². The van der Waals surface area contributed by atoms with E-state index in [-0.39, 0.29) is 11.2 Å². The van der Waals surface area contributed by atoms with Crippen molar-refractivity contribution in [1.29, 1.82) is 0 Å². The molecule has 0 bridgehead atoms. The molecule has 2 aliphatic heterocycles. The van der Waals surface area contributed by atoms with Crippen LogP contribution in [0, 0.1) is 5.92 Å². The first-order valence-electron chi connectivity index (χ1n) is 9.61. The van der Waals surface area contributed by atoms with Crippen LogP contribution in [0.2, 0.25) is 0 Å². The number of carbonyl (C=O) groups excluding carboxylic acids is 1. The Bertz CT molecular complexity index is 914. The molecule has 2 heterocycles. The minimum absolute atomic E-state index is 0.0593. The van der Waals surface area contributed by atoms with Crippen LogP contribution in [0.1, 0.15) is 18.4 Å². The van der Waals surface area contributed by atoms with Crippen LogP contribution in [0.3, 0.4) is 0 Å². The van der Waals surface area contributed by atoms with Gasteiger partial charge in [-0.05, 0) is 48.9 Å². The Hall–Kier alpha value is -1.83. The highest BCUT2D eigenvalue weighted by Crippen LogP contribution is 2.36. The minimum Gasteiger partial charge on any atom is -0.355 e. The first kappa shape index (κ1) is 19.5. The van der Waals surface area contributed by atoms with Gasteiger partial charge in [0, 0.05) is 24.5 Å². The van der Waals surface area contributed by atoms with E-state index in [9.17, 15) is 13.2 Å². The SMILES string of the molecule is O=C(NCC1CCN(S(=O)(=O)c2ccccc2)CC1)C1Cc2ccccc2S1. The Kier molecular flexibility index (Phi) is 5.75. The van der Waals surface area contributed by atoms with Crippen molar-refractivity contribution >= 4 is 27.7 Å². The standard InChI is InChI=1S/C21H24N2O3S2/c24-21(20-14-17-6-4-5-9-19(17)27-20)22-15-16-10-12-23(13-11-16)28(25,26)18-7-2-1-3-8-18/h1-9,16,20H,10-15H2,(H,22,24). The van der Waals surface area contributed by atoms with Gasteiger partial charge < -0.3 is 5.32 Å². The van der Waals surface area contributed by atoms with Crippen LogP contribution in [0.25, 0.3) is 0 Å². The number of piperidine rings is 1. The molecule has 5 nitrogen and oxygen atoms in total. The lowest BCUT2D eigenvalue weighted by molar-refractivity contribution is -0.120. The van der Waals surface area contributed by atoms with Gasteiger partial charge in [0.05, 0.1) is 10.1 Å². The molecule has 1 atom stereocenters. The molecule has 2 aromatic rings. The highest BCUT2D eigenvalue weighted by molar-refractivity contribution is 8.01. The molecular weight excluding hydrogens is 392 g/mol. The quantitative estimate of drug-likeness (QED) is 0.814.